The molecule has 1 saturated heterocycles. The van der Waals surface area contributed by atoms with Crippen LogP contribution >= 0.6 is 15.9 Å². The molecule has 1 unspecified atom stereocenters. The van der Waals surface area contributed by atoms with E-state index in [2.05, 4.69) is 26.0 Å². The lowest BCUT2D eigenvalue weighted by Crippen LogP contribution is -2.19. The zero-order valence-corrected chi connectivity index (χ0v) is 11.1. The van der Waals surface area contributed by atoms with Crippen molar-refractivity contribution in [2.24, 2.45) is 5.92 Å². The van der Waals surface area contributed by atoms with Gasteiger partial charge in [0.1, 0.15) is 0 Å². The van der Waals surface area contributed by atoms with Crippen molar-refractivity contribution in [1.29, 1.82) is 0 Å². The fraction of sp³-hybridized carbons (Fsp3) is 0.500. The second-order valence-electron chi connectivity index (χ2n) is 4.44. The maximum absolute atomic E-state index is 5.48. The average Bonchev–Trinajstić information content (AvgIpc) is 2.74. The monoisotopic (exact) mass is 295 g/mol. The van der Waals surface area contributed by atoms with Crippen LogP contribution in [0.5, 0.6) is 0 Å². The third-order valence-electron chi connectivity index (χ3n) is 3.08. The summed E-state index contributed by atoms with van der Waals surface area (Å²) in [6, 6.07) is 3.94. The van der Waals surface area contributed by atoms with E-state index in [1.807, 2.05) is 22.8 Å². The highest BCUT2D eigenvalue weighted by molar-refractivity contribution is 9.10. The Morgan fingerprint density at radius 3 is 3.24 bits per heavy atom. The molecule has 17 heavy (non-hydrogen) atoms. The predicted molar refractivity (Wildman–Crippen MR) is 67.9 cm³/mol. The van der Waals surface area contributed by atoms with Crippen molar-refractivity contribution in [1.82, 2.24) is 14.6 Å². The van der Waals surface area contributed by atoms with Crippen molar-refractivity contribution in [3.05, 3.63) is 28.6 Å². The number of ether oxygens (including phenoxy) is 1. The molecular formula is C12H14BrN3O. The molecule has 0 spiro atoms. The normalized spacial score (nSPS) is 20.9. The van der Waals surface area contributed by atoms with E-state index in [0.29, 0.717) is 5.92 Å². The lowest BCUT2D eigenvalue weighted by atomic mass is 9.98. The molecule has 3 heterocycles. The number of pyridine rings is 1. The molecule has 0 saturated carbocycles. The molecule has 1 atom stereocenters. The Hall–Kier alpha value is -0.940. The Morgan fingerprint density at radius 1 is 1.53 bits per heavy atom. The number of rotatable bonds is 2. The second kappa shape index (κ2) is 4.74. The summed E-state index contributed by atoms with van der Waals surface area (Å²) in [4.78, 5) is 4.56. The van der Waals surface area contributed by atoms with Crippen LogP contribution in [-0.2, 0) is 11.2 Å². The Balaban J connectivity index is 1.83. The number of hydrogen-bond donors (Lipinski definition) is 0. The van der Waals surface area contributed by atoms with E-state index in [1.54, 1.807) is 0 Å². The molecule has 0 aromatic carbocycles. The highest BCUT2D eigenvalue weighted by Gasteiger charge is 2.17. The van der Waals surface area contributed by atoms with E-state index in [-0.39, 0.29) is 0 Å². The third-order valence-corrected chi connectivity index (χ3v) is 3.70. The fourth-order valence-electron chi connectivity index (χ4n) is 2.23. The largest absolute Gasteiger partial charge is 0.381 e. The van der Waals surface area contributed by atoms with E-state index in [9.17, 15) is 0 Å². The van der Waals surface area contributed by atoms with Crippen molar-refractivity contribution in [2.45, 2.75) is 19.3 Å². The van der Waals surface area contributed by atoms with Crippen LogP contribution in [0.3, 0.4) is 0 Å². The SMILES string of the molecule is Brc1cccn2nc(CC3CCCOC3)nc12. The summed E-state index contributed by atoms with van der Waals surface area (Å²) in [5.41, 5.74) is 0.888. The third kappa shape index (κ3) is 2.35. The molecule has 0 bridgehead atoms. The van der Waals surface area contributed by atoms with Gasteiger partial charge in [0.15, 0.2) is 11.5 Å². The van der Waals surface area contributed by atoms with Gasteiger partial charge in [-0.3, -0.25) is 0 Å². The number of hydrogen-bond acceptors (Lipinski definition) is 3. The fourth-order valence-corrected chi connectivity index (χ4v) is 2.65. The molecule has 0 aliphatic carbocycles. The molecule has 5 heteroatoms. The summed E-state index contributed by atoms with van der Waals surface area (Å²) in [5, 5.41) is 4.49. The van der Waals surface area contributed by atoms with Crippen molar-refractivity contribution in [3.63, 3.8) is 0 Å². The van der Waals surface area contributed by atoms with Gasteiger partial charge in [-0.05, 0) is 46.8 Å². The van der Waals surface area contributed by atoms with Crippen LogP contribution < -0.4 is 0 Å². The molecule has 90 valence electrons. The number of aromatic nitrogens is 3. The minimum Gasteiger partial charge on any atom is -0.381 e. The minimum atomic E-state index is 0.569. The molecule has 0 N–H and O–H groups in total. The maximum Gasteiger partial charge on any atom is 0.169 e. The van der Waals surface area contributed by atoms with Crippen molar-refractivity contribution in [2.75, 3.05) is 13.2 Å². The predicted octanol–water partition coefficient (Wildman–Crippen LogP) is 2.46. The summed E-state index contributed by atoms with van der Waals surface area (Å²) < 4.78 is 8.29. The Bertz CT molecular complexity index is 519. The van der Waals surface area contributed by atoms with E-state index >= 15 is 0 Å². The average molecular weight is 296 g/mol. The van der Waals surface area contributed by atoms with Crippen molar-refractivity contribution < 1.29 is 4.74 Å². The first-order chi connectivity index (χ1) is 8.33. The van der Waals surface area contributed by atoms with Gasteiger partial charge in [0.2, 0.25) is 0 Å². The van der Waals surface area contributed by atoms with Crippen LogP contribution in [0.4, 0.5) is 0 Å². The first-order valence-corrected chi connectivity index (χ1v) is 6.70. The standard InChI is InChI=1S/C12H14BrN3O/c13-10-4-1-5-16-12(10)14-11(15-16)7-9-3-2-6-17-8-9/h1,4-5,9H,2-3,6-8H2. The van der Waals surface area contributed by atoms with Crippen molar-refractivity contribution in [3.8, 4) is 0 Å². The molecule has 2 aromatic heterocycles. The van der Waals surface area contributed by atoms with Gasteiger partial charge in [-0.1, -0.05) is 0 Å². The van der Waals surface area contributed by atoms with Crippen LogP contribution in [0.1, 0.15) is 18.7 Å². The van der Waals surface area contributed by atoms with E-state index in [0.717, 1.165) is 42.0 Å². The maximum atomic E-state index is 5.48. The summed E-state index contributed by atoms with van der Waals surface area (Å²) >= 11 is 3.49. The molecule has 1 fully saturated rings. The molecule has 3 rings (SSSR count). The van der Waals surface area contributed by atoms with E-state index in [1.165, 1.54) is 6.42 Å². The van der Waals surface area contributed by atoms with Crippen LogP contribution in [-0.4, -0.2) is 27.8 Å². The summed E-state index contributed by atoms with van der Waals surface area (Å²) in [5.74, 6) is 1.48. The van der Waals surface area contributed by atoms with Crippen LogP contribution in [0.25, 0.3) is 5.65 Å². The minimum absolute atomic E-state index is 0.569. The molecule has 0 amide bonds. The summed E-state index contributed by atoms with van der Waals surface area (Å²) in [7, 11) is 0. The highest BCUT2D eigenvalue weighted by atomic mass is 79.9. The molecule has 1 aliphatic rings. The van der Waals surface area contributed by atoms with Crippen molar-refractivity contribution >= 4 is 21.6 Å². The lowest BCUT2D eigenvalue weighted by molar-refractivity contribution is 0.0543. The topological polar surface area (TPSA) is 39.4 Å². The lowest BCUT2D eigenvalue weighted by Gasteiger charge is -2.20. The summed E-state index contributed by atoms with van der Waals surface area (Å²) in [6.07, 6.45) is 5.21. The molecular weight excluding hydrogens is 282 g/mol. The molecule has 0 radical (unpaired) electrons. The van der Waals surface area contributed by atoms with E-state index < -0.39 is 0 Å². The van der Waals surface area contributed by atoms with Gasteiger partial charge in [-0.25, -0.2) is 9.50 Å². The zero-order chi connectivity index (χ0) is 11.7. The smallest absolute Gasteiger partial charge is 0.169 e. The Kier molecular flexibility index (Phi) is 3.11. The van der Waals surface area contributed by atoms with Gasteiger partial charge in [-0.15, -0.1) is 0 Å². The van der Waals surface area contributed by atoms with Gasteiger partial charge in [0, 0.05) is 25.8 Å². The van der Waals surface area contributed by atoms with Crippen LogP contribution in [0, 0.1) is 5.92 Å². The number of nitrogens with zero attached hydrogens (tertiary/aromatic N) is 3. The molecule has 4 nitrogen and oxygen atoms in total. The van der Waals surface area contributed by atoms with Gasteiger partial charge >= 0.3 is 0 Å². The Labute approximate surface area is 108 Å². The number of fused-ring (bicyclic) bond motifs is 1. The highest BCUT2D eigenvalue weighted by Crippen LogP contribution is 2.20. The van der Waals surface area contributed by atoms with Crippen LogP contribution in [0.15, 0.2) is 22.8 Å². The Morgan fingerprint density at radius 2 is 2.47 bits per heavy atom. The van der Waals surface area contributed by atoms with Crippen LogP contribution in [0.2, 0.25) is 0 Å². The van der Waals surface area contributed by atoms with Gasteiger partial charge in [0.05, 0.1) is 4.47 Å². The van der Waals surface area contributed by atoms with Gasteiger partial charge in [-0.2, -0.15) is 5.10 Å². The zero-order valence-electron chi connectivity index (χ0n) is 9.47. The van der Waals surface area contributed by atoms with Gasteiger partial charge in [0.25, 0.3) is 0 Å². The number of halogens is 1. The molecule has 2 aromatic rings. The first kappa shape index (κ1) is 11.2. The second-order valence-corrected chi connectivity index (χ2v) is 5.29. The van der Waals surface area contributed by atoms with Gasteiger partial charge < -0.3 is 4.74 Å². The molecule has 1 aliphatic heterocycles. The summed E-state index contributed by atoms with van der Waals surface area (Å²) in [6.45, 7) is 1.75. The quantitative estimate of drug-likeness (QED) is 0.854. The van der Waals surface area contributed by atoms with E-state index in [4.69, 9.17) is 4.74 Å². The first-order valence-electron chi connectivity index (χ1n) is 5.90.